The number of aliphatic carboxylic acids is 2. The highest BCUT2D eigenvalue weighted by atomic mass is 79.9. The van der Waals surface area contributed by atoms with Crippen molar-refractivity contribution in [1.82, 2.24) is 10.2 Å². The normalized spacial score (nSPS) is 19.1. The number of nitrogens with two attached hydrogens (primary N) is 1. The smallest absolute Gasteiger partial charge is 0.337 e. The molecule has 2 atom stereocenters. The molecule has 0 aromatic heterocycles. The number of hydrogen-bond acceptors (Lipinski definition) is 7. The minimum atomic E-state index is -0.720. The first-order valence-corrected chi connectivity index (χ1v) is 17.2. The quantitative estimate of drug-likeness (QED) is 0.167. The van der Waals surface area contributed by atoms with Gasteiger partial charge in [0.15, 0.2) is 0 Å². The van der Waals surface area contributed by atoms with Crippen LogP contribution in [0.2, 0.25) is 0 Å². The number of carboxylic acids is 2. The molecule has 3 aliphatic rings. The number of nitrogens with zero attached hydrogens (tertiary/aromatic N) is 1. The molecule has 2 heterocycles. The summed E-state index contributed by atoms with van der Waals surface area (Å²) in [6.07, 6.45) is 5.62. The number of halogens is 1. The van der Waals surface area contributed by atoms with Gasteiger partial charge in [-0.3, -0.25) is 14.5 Å². The fourth-order valence-corrected chi connectivity index (χ4v) is 5.65. The zero-order valence-corrected chi connectivity index (χ0v) is 29.2. The first-order chi connectivity index (χ1) is 22.4. The lowest BCUT2D eigenvalue weighted by Gasteiger charge is -2.20. The number of carbonyl (C=O) groups excluding carboxylic acids is 1. The molecule has 3 fully saturated rings. The maximum absolute atomic E-state index is 11.1. The van der Waals surface area contributed by atoms with Crippen LogP contribution in [0.5, 0.6) is 0 Å². The summed E-state index contributed by atoms with van der Waals surface area (Å²) in [5, 5.41) is 21.2. The van der Waals surface area contributed by atoms with Crippen LogP contribution in [0.4, 0.5) is 0 Å². The SMILES string of the molecule is COC(=O)c1ccc(C2(N)CC2)cc1.Cc1ccc(CBr)cc1.Cc1ccc(CN2CCCC2C(=O)O)cc1.O=C(O)C1CCCN1. The van der Waals surface area contributed by atoms with E-state index in [9.17, 15) is 14.4 Å². The molecular formula is C37H48BrN3O6. The summed E-state index contributed by atoms with van der Waals surface area (Å²) >= 11 is 3.38. The second-order valence-corrected chi connectivity index (χ2v) is 12.8. The first-order valence-electron chi connectivity index (χ1n) is 16.0. The van der Waals surface area contributed by atoms with Crippen molar-refractivity contribution in [2.45, 2.75) is 81.9 Å². The monoisotopic (exact) mass is 709 g/mol. The Morgan fingerprint density at radius 1 is 0.872 bits per heavy atom. The molecule has 0 spiro atoms. The molecule has 6 rings (SSSR count). The Hall–Kier alpha value is -3.57. The number of methoxy groups -OCH3 is 1. The molecule has 2 aliphatic heterocycles. The van der Waals surface area contributed by atoms with E-state index in [0.717, 1.165) is 69.1 Å². The average molecular weight is 711 g/mol. The van der Waals surface area contributed by atoms with Gasteiger partial charge in [0, 0.05) is 17.4 Å². The molecule has 2 saturated heterocycles. The van der Waals surface area contributed by atoms with Crippen LogP contribution >= 0.6 is 15.9 Å². The number of esters is 1. The fourth-order valence-electron chi connectivity index (χ4n) is 5.27. The van der Waals surface area contributed by atoms with Crippen LogP contribution < -0.4 is 11.1 Å². The van der Waals surface area contributed by atoms with E-state index in [1.807, 2.05) is 17.0 Å². The summed E-state index contributed by atoms with van der Waals surface area (Å²) in [5.74, 6) is -1.72. The third-order valence-electron chi connectivity index (χ3n) is 8.46. The Kier molecular flexibility index (Phi) is 15.1. The Morgan fingerprint density at radius 2 is 1.45 bits per heavy atom. The van der Waals surface area contributed by atoms with Gasteiger partial charge in [-0.05, 0) is 94.3 Å². The Labute approximate surface area is 286 Å². The van der Waals surface area contributed by atoms with Gasteiger partial charge in [-0.2, -0.15) is 0 Å². The fraction of sp³-hybridized carbons (Fsp3) is 0.432. The molecule has 0 radical (unpaired) electrons. The van der Waals surface area contributed by atoms with E-state index < -0.39 is 11.9 Å². The van der Waals surface area contributed by atoms with Crippen molar-refractivity contribution in [3.63, 3.8) is 0 Å². The van der Waals surface area contributed by atoms with Crippen molar-refractivity contribution in [2.75, 3.05) is 20.2 Å². The van der Waals surface area contributed by atoms with Crippen molar-refractivity contribution in [3.05, 3.63) is 106 Å². The van der Waals surface area contributed by atoms with Crippen LogP contribution in [0.15, 0.2) is 72.8 Å². The molecule has 254 valence electrons. The molecule has 1 aliphatic carbocycles. The van der Waals surface area contributed by atoms with Crippen molar-refractivity contribution in [3.8, 4) is 0 Å². The van der Waals surface area contributed by atoms with Crippen molar-refractivity contribution >= 4 is 33.8 Å². The van der Waals surface area contributed by atoms with Crippen molar-refractivity contribution in [2.24, 2.45) is 5.73 Å². The number of carboxylic acid groups (broad SMARTS) is 2. The van der Waals surface area contributed by atoms with E-state index in [1.165, 1.54) is 29.4 Å². The van der Waals surface area contributed by atoms with E-state index in [2.05, 4.69) is 88.4 Å². The number of hydrogen-bond donors (Lipinski definition) is 4. The van der Waals surface area contributed by atoms with Gasteiger partial charge in [-0.1, -0.05) is 87.7 Å². The zero-order valence-electron chi connectivity index (χ0n) is 27.6. The average Bonchev–Trinajstić information content (AvgIpc) is 3.42. The van der Waals surface area contributed by atoms with Gasteiger partial charge in [0.05, 0.1) is 12.7 Å². The number of nitrogens with one attached hydrogen (secondary N) is 1. The highest BCUT2D eigenvalue weighted by Gasteiger charge is 2.39. The molecule has 3 aromatic carbocycles. The summed E-state index contributed by atoms with van der Waals surface area (Å²) in [6.45, 7) is 6.65. The molecule has 0 amide bonds. The molecule has 0 bridgehead atoms. The minimum absolute atomic E-state index is 0.130. The standard InChI is InChI=1S/C13H17NO2.C11H13NO2.C8H9Br.C5H9NO2/c1-10-4-6-11(7-5-10)9-14-8-2-3-12(14)13(15)16;1-14-10(13)8-2-4-9(5-3-8)11(12)6-7-11;1-7-2-4-8(6-9)5-3-7;7-5(8)4-2-1-3-6-4/h4-7,12H,2-3,8-9H2,1H3,(H,15,16);2-5H,6-7,12H2,1H3;2-5H,6H2,1H3;4,6H,1-3H2,(H,7,8). The number of aryl methyl sites for hydroxylation is 2. The van der Waals surface area contributed by atoms with Gasteiger partial charge in [0.2, 0.25) is 0 Å². The molecule has 5 N–H and O–H groups in total. The number of rotatable bonds is 7. The minimum Gasteiger partial charge on any atom is -0.480 e. The Morgan fingerprint density at radius 3 is 1.87 bits per heavy atom. The third kappa shape index (κ3) is 12.5. The van der Waals surface area contributed by atoms with Gasteiger partial charge < -0.3 is 26.0 Å². The number of alkyl halides is 1. The summed E-state index contributed by atoms with van der Waals surface area (Å²) in [4.78, 5) is 34.3. The van der Waals surface area contributed by atoms with Gasteiger partial charge in [-0.15, -0.1) is 0 Å². The van der Waals surface area contributed by atoms with Crippen molar-refractivity contribution < 1.29 is 29.3 Å². The summed E-state index contributed by atoms with van der Waals surface area (Å²) in [7, 11) is 1.38. The molecular weight excluding hydrogens is 662 g/mol. The van der Waals surface area contributed by atoms with Crippen LogP contribution in [0.3, 0.4) is 0 Å². The highest BCUT2D eigenvalue weighted by Crippen LogP contribution is 2.42. The van der Waals surface area contributed by atoms with E-state index in [0.29, 0.717) is 5.56 Å². The molecule has 3 aromatic rings. The van der Waals surface area contributed by atoms with Crippen LogP contribution in [0.1, 0.15) is 76.7 Å². The predicted molar refractivity (Wildman–Crippen MR) is 188 cm³/mol. The molecule has 10 heteroatoms. The molecule has 2 unspecified atom stereocenters. The van der Waals surface area contributed by atoms with Crippen molar-refractivity contribution in [1.29, 1.82) is 0 Å². The predicted octanol–water partition coefficient (Wildman–Crippen LogP) is 6.18. The topological polar surface area (TPSA) is 142 Å². The maximum atomic E-state index is 11.1. The second kappa shape index (κ2) is 18.7. The van der Waals surface area contributed by atoms with Gasteiger partial charge in [0.1, 0.15) is 12.1 Å². The van der Waals surface area contributed by atoms with Gasteiger partial charge in [0.25, 0.3) is 0 Å². The second-order valence-electron chi connectivity index (χ2n) is 12.3. The lowest BCUT2D eigenvalue weighted by molar-refractivity contribution is -0.142. The van der Waals surface area contributed by atoms with Gasteiger partial charge in [-0.25, -0.2) is 4.79 Å². The number of likely N-dealkylation sites (tertiary alicyclic amines) is 1. The van der Waals surface area contributed by atoms with E-state index in [1.54, 1.807) is 12.1 Å². The third-order valence-corrected chi connectivity index (χ3v) is 9.11. The lowest BCUT2D eigenvalue weighted by atomic mass is 10.0. The Balaban J connectivity index is 0.000000177. The van der Waals surface area contributed by atoms with Crippen LogP contribution in [0.25, 0.3) is 0 Å². The van der Waals surface area contributed by atoms with E-state index in [4.69, 9.17) is 15.9 Å². The maximum Gasteiger partial charge on any atom is 0.337 e. The van der Waals surface area contributed by atoms with Crippen LogP contribution in [0, 0.1) is 13.8 Å². The summed E-state index contributed by atoms with van der Waals surface area (Å²) in [6, 6.07) is 23.6. The zero-order chi connectivity index (χ0) is 34.4. The summed E-state index contributed by atoms with van der Waals surface area (Å²) in [5.41, 5.74) is 12.6. The van der Waals surface area contributed by atoms with E-state index in [-0.39, 0.29) is 23.6 Å². The lowest BCUT2D eigenvalue weighted by Crippen LogP contribution is -2.35. The molecule has 1 saturated carbocycles. The van der Waals surface area contributed by atoms with Crippen LogP contribution in [-0.2, 0) is 31.7 Å². The summed E-state index contributed by atoms with van der Waals surface area (Å²) < 4.78 is 4.61. The van der Waals surface area contributed by atoms with Crippen LogP contribution in [-0.4, -0.2) is 65.3 Å². The largest absolute Gasteiger partial charge is 0.480 e. The Bertz CT molecular complexity index is 1420. The first kappa shape index (κ1) is 37.9. The molecule has 47 heavy (non-hydrogen) atoms. The molecule has 9 nitrogen and oxygen atoms in total. The number of ether oxygens (including phenoxy) is 1. The van der Waals surface area contributed by atoms with Gasteiger partial charge >= 0.3 is 17.9 Å². The van der Waals surface area contributed by atoms with E-state index >= 15 is 0 Å². The number of carbonyl (C=O) groups is 3. The highest BCUT2D eigenvalue weighted by molar-refractivity contribution is 9.08. The number of benzene rings is 3.